The fraction of sp³-hybridized carbons (Fsp3) is 0.0857. The van der Waals surface area contributed by atoms with Crippen molar-refractivity contribution in [1.82, 2.24) is 0 Å². The quantitative estimate of drug-likeness (QED) is 0.0673. The molecule has 56 heavy (non-hydrogen) atoms. The van der Waals surface area contributed by atoms with Gasteiger partial charge in [-0.15, -0.1) is 0 Å². The van der Waals surface area contributed by atoms with Crippen molar-refractivity contribution in [1.29, 1.82) is 0 Å². The summed E-state index contributed by atoms with van der Waals surface area (Å²) in [7, 11) is -12.0. The van der Waals surface area contributed by atoms with Gasteiger partial charge in [-0.2, -0.15) is 25.3 Å². The third-order valence-corrected chi connectivity index (χ3v) is 10.6. The van der Waals surface area contributed by atoms with Crippen LogP contribution in [0.5, 0.6) is 11.5 Å². The zero-order valence-corrected chi connectivity index (χ0v) is 32.4. The molecular weight excluding hydrogens is 791 g/mol. The summed E-state index contributed by atoms with van der Waals surface area (Å²) >= 11 is 0. The molecule has 0 saturated heterocycles. The molecular formula is C35H41N7O11S3. The molecule has 0 aliphatic carbocycles. The van der Waals surface area contributed by atoms with Crippen LogP contribution in [0.4, 0.5) is 39.8 Å². The fourth-order valence-electron chi connectivity index (χ4n) is 4.94. The number of hydrogen-bond acceptors (Lipinski definition) is 15. The number of ether oxygens (including phenoxy) is 1. The Morgan fingerprint density at radius 2 is 1.00 bits per heavy atom. The van der Waals surface area contributed by atoms with E-state index < -0.39 is 51.6 Å². The van der Waals surface area contributed by atoms with Crippen LogP contribution in [0.3, 0.4) is 0 Å². The summed E-state index contributed by atoms with van der Waals surface area (Å²) in [5.74, 6) is -0.0614. The Morgan fingerprint density at radius 1 is 0.500 bits per heavy atom. The molecule has 0 aliphatic heterocycles. The molecule has 0 amide bonds. The first-order chi connectivity index (χ1) is 25.8. The van der Waals surface area contributed by atoms with Gasteiger partial charge in [-0.1, -0.05) is 18.2 Å². The number of aryl methyl sites for hydroxylation is 2. The lowest BCUT2D eigenvalue weighted by Crippen LogP contribution is -2.06. The van der Waals surface area contributed by atoms with Gasteiger partial charge in [0.2, 0.25) is 0 Å². The zero-order chi connectivity index (χ0) is 42.5. The predicted octanol–water partition coefficient (Wildman–Crippen LogP) is 4.20. The molecule has 6 rings (SSSR count). The minimum absolute atomic E-state index is 0.0372. The number of aromatic hydroxyl groups is 1. The molecule has 0 unspecified atom stereocenters. The second kappa shape index (κ2) is 17.1. The zero-order valence-electron chi connectivity index (χ0n) is 30.0. The van der Waals surface area contributed by atoms with E-state index in [1.165, 1.54) is 6.07 Å². The summed E-state index contributed by atoms with van der Waals surface area (Å²) in [5.41, 5.74) is 43.3. The molecule has 0 aromatic heterocycles. The number of anilines is 7. The van der Waals surface area contributed by atoms with Crippen molar-refractivity contribution in [2.45, 2.75) is 28.5 Å². The lowest BCUT2D eigenvalue weighted by Gasteiger charge is -2.11. The third kappa shape index (κ3) is 10.9. The van der Waals surface area contributed by atoms with Crippen LogP contribution >= 0.6 is 0 Å². The van der Waals surface area contributed by atoms with Crippen molar-refractivity contribution < 1.29 is 48.8 Å². The Bertz CT molecular complexity index is 2730. The second-order valence-corrected chi connectivity index (χ2v) is 16.1. The standard InChI is InChI=1S/C10H10N2O7S2.C10H9NO3S.C8H12N2.C7H10N2O/c11-6-3-5-4(1-7(6)20(14,15)16)2-8(21(17,18)19)9(12)10(5)13;11-8-4-5-9-7(6-8)2-1-3-10(9)15(12,13)14;1-5-3-8(10)6(2)4-7(5)9;1-10-7-4-5(8)2-3-6(7)9/h1-3,13H,11-12H2,(H,14,15,16)(H,17,18,19);1-6H,11H2,(H,12,13,14);3-4H,9-10H2,1-2H3;2-4H,8-9H2,1H3. The summed E-state index contributed by atoms with van der Waals surface area (Å²) in [5, 5.41) is 10.9. The van der Waals surface area contributed by atoms with Crippen molar-refractivity contribution >= 4 is 91.7 Å². The van der Waals surface area contributed by atoms with Crippen molar-refractivity contribution in [2.75, 3.05) is 47.2 Å². The molecule has 0 aliphatic rings. The van der Waals surface area contributed by atoms with E-state index in [4.69, 9.17) is 58.5 Å². The van der Waals surface area contributed by atoms with E-state index in [2.05, 4.69) is 0 Å². The van der Waals surface area contributed by atoms with E-state index >= 15 is 0 Å². The Morgan fingerprint density at radius 3 is 1.50 bits per heavy atom. The van der Waals surface area contributed by atoms with Crippen LogP contribution in [0.25, 0.3) is 21.5 Å². The molecule has 18 N–H and O–H groups in total. The molecule has 0 bridgehead atoms. The van der Waals surface area contributed by atoms with E-state index in [1.807, 2.05) is 26.0 Å². The van der Waals surface area contributed by atoms with E-state index in [0.29, 0.717) is 33.6 Å². The van der Waals surface area contributed by atoms with Crippen LogP contribution in [0, 0.1) is 13.8 Å². The highest BCUT2D eigenvalue weighted by molar-refractivity contribution is 7.86. The third-order valence-electron chi connectivity index (χ3n) is 7.85. The number of nitrogen functional groups attached to an aromatic ring is 7. The van der Waals surface area contributed by atoms with Gasteiger partial charge in [-0.3, -0.25) is 13.7 Å². The monoisotopic (exact) mass is 831 g/mol. The highest BCUT2D eigenvalue weighted by Crippen LogP contribution is 2.39. The molecule has 6 aromatic rings. The maximum absolute atomic E-state index is 11.2. The molecule has 300 valence electrons. The molecule has 21 heteroatoms. The van der Waals surface area contributed by atoms with Crippen LogP contribution in [0.15, 0.2) is 99.6 Å². The van der Waals surface area contributed by atoms with Crippen molar-refractivity contribution in [3.05, 3.63) is 96.1 Å². The predicted molar refractivity (Wildman–Crippen MR) is 219 cm³/mol. The van der Waals surface area contributed by atoms with Gasteiger partial charge in [-0.05, 0) is 96.4 Å². The minimum Gasteiger partial charge on any atom is -0.505 e. The number of rotatable bonds is 4. The number of nitrogens with two attached hydrogens (primary N) is 7. The van der Waals surface area contributed by atoms with Crippen LogP contribution in [0.1, 0.15) is 11.1 Å². The number of methoxy groups -OCH3 is 1. The number of fused-ring (bicyclic) bond motifs is 2. The van der Waals surface area contributed by atoms with Gasteiger partial charge in [0.15, 0.2) is 0 Å². The fourth-order valence-corrected chi connectivity index (χ4v) is 6.94. The summed E-state index contributed by atoms with van der Waals surface area (Å²) < 4.78 is 98.7. The smallest absolute Gasteiger partial charge is 0.296 e. The Labute approximate surface area is 322 Å². The normalized spacial score (nSPS) is 11.3. The van der Waals surface area contributed by atoms with Gasteiger partial charge in [0, 0.05) is 39.6 Å². The van der Waals surface area contributed by atoms with E-state index in [9.17, 15) is 30.4 Å². The maximum atomic E-state index is 11.2. The summed E-state index contributed by atoms with van der Waals surface area (Å²) in [6.45, 7) is 3.90. The molecule has 6 aromatic carbocycles. The van der Waals surface area contributed by atoms with Gasteiger partial charge in [0.05, 0.1) is 24.2 Å². The first kappa shape index (κ1) is 44.2. The van der Waals surface area contributed by atoms with Gasteiger partial charge in [-0.25, -0.2) is 0 Å². The van der Waals surface area contributed by atoms with Gasteiger partial charge >= 0.3 is 0 Å². The van der Waals surface area contributed by atoms with Gasteiger partial charge < -0.3 is 50.0 Å². The first-order valence-corrected chi connectivity index (χ1v) is 19.9. The van der Waals surface area contributed by atoms with Crippen LogP contribution < -0.4 is 44.9 Å². The number of benzene rings is 6. The summed E-state index contributed by atoms with van der Waals surface area (Å²) in [6, 6.07) is 21.1. The Kier molecular flexibility index (Phi) is 13.5. The van der Waals surface area contributed by atoms with Gasteiger partial charge in [0.1, 0.15) is 26.2 Å². The highest BCUT2D eigenvalue weighted by Gasteiger charge is 2.22. The SMILES string of the molecule is COc1cc(N)ccc1N.Cc1cc(N)c(C)cc1N.Nc1cc2c(O)c(N)c(S(=O)(=O)O)cc2cc1S(=O)(=O)O.Nc1ccc2c(S(=O)(=O)O)cccc2c1. The average molecular weight is 832 g/mol. The highest BCUT2D eigenvalue weighted by atomic mass is 32.2. The number of hydrogen-bond donors (Lipinski definition) is 11. The molecule has 18 nitrogen and oxygen atoms in total. The van der Waals surface area contributed by atoms with Crippen LogP contribution in [0.2, 0.25) is 0 Å². The molecule has 0 saturated carbocycles. The van der Waals surface area contributed by atoms with E-state index in [-0.39, 0.29) is 21.4 Å². The molecule has 0 spiro atoms. The Balaban J connectivity index is 0.000000211. The lowest BCUT2D eigenvalue weighted by atomic mass is 10.1. The molecule has 0 fully saturated rings. The number of phenols is 1. The Hall–Kier alpha value is -6.23. The van der Waals surface area contributed by atoms with Gasteiger partial charge in [0.25, 0.3) is 30.4 Å². The van der Waals surface area contributed by atoms with Crippen molar-refractivity contribution in [2.24, 2.45) is 0 Å². The topological polar surface area (TPSA) is 375 Å². The lowest BCUT2D eigenvalue weighted by molar-refractivity contribution is 0.417. The maximum Gasteiger partial charge on any atom is 0.296 e. The summed E-state index contributed by atoms with van der Waals surface area (Å²) in [4.78, 5) is -1.56. The first-order valence-electron chi connectivity index (χ1n) is 15.6. The van der Waals surface area contributed by atoms with Crippen molar-refractivity contribution in [3.63, 3.8) is 0 Å². The second-order valence-electron chi connectivity index (χ2n) is 12.0. The van der Waals surface area contributed by atoms with E-state index in [1.54, 1.807) is 55.6 Å². The molecule has 0 radical (unpaired) electrons. The minimum atomic E-state index is -4.73. The summed E-state index contributed by atoms with van der Waals surface area (Å²) in [6.07, 6.45) is 0. The molecule has 0 atom stereocenters. The average Bonchev–Trinajstić information content (AvgIpc) is 3.09. The van der Waals surface area contributed by atoms with E-state index in [0.717, 1.165) is 40.7 Å². The van der Waals surface area contributed by atoms with Crippen LogP contribution in [-0.4, -0.2) is 51.1 Å². The van der Waals surface area contributed by atoms with Crippen LogP contribution in [-0.2, 0) is 30.4 Å². The van der Waals surface area contributed by atoms with Crippen molar-refractivity contribution in [3.8, 4) is 11.5 Å². The largest absolute Gasteiger partial charge is 0.505 e. The molecule has 0 heterocycles. The number of phenolic OH excluding ortho intramolecular Hbond substituents is 1.